The van der Waals surface area contributed by atoms with Gasteiger partial charge in [-0.1, -0.05) is 48.9 Å². The molecule has 0 aromatic heterocycles. The molecular weight excluding hydrogens is 258 g/mol. The molecule has 0 heterocycles. The number of hydrogen-bond donors (Lipinski definition) is 1. The van der Waals surface area contributed by atoms with Crippen LogP contribution in [0.15, 0.2) is 54.6 Å². The molecule has 110 valence electrons. The molecule has 0 bridgehead atoms. The Balaban J connectivity index is 1.67. The van der Waals surface area contributed by atoms with Gasteiger partial charge in [-0.25, -0.2) is 0 Å². The van der Waals surface area contributed by atoms with E-state index in [4.69, 9.17) is 4.74 Å². The highest BCUT2D eigenvalue weighted by Crippen LogP contribution is 2.38. The molecule has 3 rings (SSSR count). The lowest BCUT2D eigenvalue weighted by Crippen LogP contribution is -2.29. The van der Waals surface area contributed by atoms with Crippen molar-refractivity contribution in [1.82, 2.24) is 5.32 Å². The largest absolute Gasteiger partial charge is 0.489 e. The summed E-state index contributed by atoms with van der Waals surface area (Å²) in [5.41, 5.74) is 2.54. The molecule has 1 N–H and O–H groups in total. The number of rotatable bonds is 6. The van der Waals surface area contributed by atoms with Gasteiger partial charge in [-0.05, 0) is 49.1 Å². The normalized spacial score (nSPS) is 16.2. The first-order valence-electron chi connectivity index (χ1n) is 7.81. The van der Waals surface area contributed by atoms with E-state index in [0.717, 1.165) is 11.7 Å². The van der Waals surface area contributed by atoms with Crippen LogP contribution in [-0.4, -0.2) is 7.05 Å². The first-order valence-corrected chi connectivity index (χ1v) is 7.81. The minimum absolute atomic E-state index is 0.457. The molecule has 21 heavy (non-hydrogen) atoms. The number of hydrogen-bond acceptors (Lipinski definition) is 2. The third-order valence-electron chi connectivity index (χ3n) is 4.40. The molecule has 0 spiro atoms. The zero-order valence-electron chi connectivity index (χ0n) is 12.6. The highest BCUT2D eigenvalue weighted by atomic mass is 16.5. The molecule has 2 aromatic rings. The molecule has 1 saturated carbocycles. The van der Waals surface area contributed by atoms with Crippen molar-refractivity contribution in [3.8, 4) is 5.75 Å². The smallest absolute Gasteiger partial charge is 0.120 e. The summed E-state index contributed by atoms with van der Waals surface area (Å²) in [7, 11) is 2.06. The summed E-state index contributed by atoms with van der Waals surface area (Å²) in [6.45, 7) is 0.623. The number of benzene rings is 2. The van der Waals surface area contributed by atoms with Crippen LogP contribution in [0.3, 0.4) is 0 Å². The minimum atomic E-state index is 0.457. The van der Waals surface area contributed by atoms with Crippen molar-refractivity contribution < 1.29 is 4.74 Å². The second-order valence-electron chi connectivity index (χ2n) is 5.80. The van der Waals surface area contributed by atoms with Crippen molar-refractivity contribution >= 4 is 0 Å². The van der Waals surface area contributed by atoms with E-state index in [1.807, 2.05) is 24.3 Å². The van der Waals surface area contributed by atoms with Gasteiger partial charge < -0.3 is 10.1 Å². The lowest BCUT2D eigenvalue weighted by atomic mass is 9.77. The molecule has 1 fully saturated rings. The third-order valence-corrected chi connectivity index (χ3v) is 4.40. The molecule has 1 aliphatic carbocycles. The van der Waals surface area contributed by atoms with Gasteiger partial charge in [0.25, 0.3) is 0 Å². The monoisotopic (exact) mass is 281 g/mol. The maximum Gasteiger partial charge on any atom is 0.120 e. The second-order valence-corrected chi connectivity index (χ2v) is 5.80. The first-order chi connectivity index (χ1) is 10.4. The zero-order chi connectivity index (χ0) is 14.5. The Morgan fingerprint density at radius 3 is 2.57 bits per heavy atom. The Kier molecular flexibility index (Phi) is 4.56. The fourth-order valence-electron chi connectivity index (χ4n) is 2.99. The summed E-state index contributed by atoms with van der Waals surface area (Å²) < 4.78 is 5.93. The van der Waals surface area contributed by atoms with E-state index < -0.39 is 0 Å². The van der Waals surface area contributed by atoms with Crippen LogP contribution in [-0.2, 0) is 6.61 Å². The summed E-state index contributed by atoms with van der Waals surface area (Å²) in [5, 5.41) is 3.47. The van der Waals surface area contributed by atoms with E-state index >= 15 is 0 Å². The molecule has 2 aromatic carbocycles. The van der Waals surface area contributed by atoms with Gasteiger partial charge in [0.1, 0.15) is 12.4 Å². The van der Waals surface area contributed by atoms with Crippen molar-refractivity contribution in [3.63, 3.8) is 0 Å². The van der Waals surface area contributed by atoms with Gasteiger partial charge in [0, 0.05) is 6.04 Å². The molecular formula is C19H23NO. The Morgan fingerprint density at radius 2 is 1.90 bits per heavy atom. The minimum Gasteiger partial charge on any atom is -0.489 e. The van der Waals surface area contributed by atoms with Crippen LogP contribution < -0.4 is 10.1 Å². The summed E-state index contributed by atoms with van der Waals surface area (Å²) in [6.07, 6.45) is 4.04. The van der Waals surface area contributed by atoms with Crippen molar-refractivity contribution in [2.24, 2.45) is 5.92 Å². The van der Waals surface area contributed by atoms with Crippen LogP contribution >= 0.6 is 0 Å². The quantitative estimate of drug-likeness (QED) is 0.851. The topological polar surface area (TPSA) is 21.3 Å². The van der Waals surface area contributed by atoms with Crippen LogP contribution in [0.25, 0.3) is 0 Å². The Bertz CT molecular complexity index is 563. The van der Waals surface area contributed by atoms with Gasteiger partial charge in [-0.2, -0.15) is 0 Å². The first kappa shape index (κ1) is 14.2. The van der Waals surface area contributed by atoms with E-state index in [1.165, 1.54) is 30.4 Å². The summed E-state index contributed by atoms with van der Waals surface area (Å²) in [4.78, 5) is 0. The van der Waals surface area contributed by atoms with Crippen molar-refractivity contribution in [3.05, 3.63) is 65.7 Å². The van der Waals surface area contributed by atoms with E-state index in [0.29, 0.717) is 12.6 Å². The van der Waals surface area contributed by atoms with Gasteiger partial charge in [-0.15, -0.1) is 0 Å². The van der Waals surface area contributed by atoms with Crippen molar-refractivity contribution in [2.75, 3.05) is 7.05 Å². The van der Waals surface area contributed by atoms with Crippen LogP contribution in [0, 0.1) is 5.92 Å². The number of nitrogens with one attached hydrogen (secondary N) is 1. The maximum atomic E-state index is 5.93. The Hall–Kier alpha value is -1.80. The highest BCUT2D eigenvalue weighted by Gasteiger charge is 2.27. The van der Waals surface area contributed by atoms with Crippen LogP contribution in [0.4, 0.5) is 0 Å². The van der Waals surface area contributed by atoms with Crippen LogP contribution in [0.1, 0.15) is 36.4 Å². The molecule has 1 unspecified atom stereocenters. The fourth-order valence-corrected chi connectivity index (χ4v) is 2.99. The zero-order valence-corrected chi connectivity index (χ0v) is 12.6. The van der Waals surface area contributed by atoms with Crippen LogP contribution in [0.5, 0.6) is 5.75 Å². The van der Waals surface area contributed by atoms with Gasteiger partial charge in [-0.3, -0.25) is 0 Å². The summed E-state index contributed by atoms with van der Waals surface area (Å²) in [6, 6.07) is 19.3. The average molecular weight is 281 g/mol. The predicted octanol–water partition coefficient (Wildman–Crippen LogP) is 4.33. The van der Waals surface area contributed by atoms with E-state index in [-0.39, 0.29) is 0 Å². The molecule has 0 aliphatic heterocycles. The standard InChI is InChI=1S/C19H23NO/c1-20-19(16-9-5-10-16)17-11-6-12-18(13-17)21-14-15-7-3-2-4-8-15/h2-4,6-8,11-13,16,19-20H,5,9-10,14H2,1H3. The van der Waals surface area contributed by atoms with Gasteiger partial charge >= 0.3 is 0 Å². The number of ether oxygens (including phenoxy) is 1. The van der Waals surface area contributed by atoms with Gasteiger partial charge in [0.05, 0.1) is 0 Å². The lowest BCUT2D eigenvalue weighted by Gasteiger charge is -2.34. The molecule has 0 saturated heterocycles. The van der Waals surface area contributed by atoms with E-state index in [2.05, 4.69) is 42.7 Å². The molecule has 2 nitrogen and oxygen atoms in total. The lowest BCUT2D eigenvalue weighted by molar-refractivity contribution is 0.238. The molecule has 1 aliphatic rings. The summed E-state index contributed by atoms with van der Waals surface area (Å²) in [5.74, 6) is 1.73. The van der Waals surface area contributed by atoms with E-state index in [9.17, 15) is 0 Å². The average Bonchev–Trinajstić information content (AvgIpc) is 2.50. The highest BCUT2D eigenvalue weighted by molar-refractivity contribution is 5.31. The van der Waals surface area contributed by atoms with E-state index in [1.54, 1.807) is 0 Å². The Morgan fingerprint density at radius 1 is 1.10 bits per heavy atom. The van der Waals surface area contributed by atoms with Gasteiger partial charge in [0.2, 0.25) is 0 Å². The SMILES string of the molecule is CNC(c1cccc(OCc2ccccc2)c1)C1CCC1. The van der Waals surface area contributed by atoms with Crippen molar-refractivity contribution in [2.45, 2.75) is 31.9 Å². The third kappa shape index (κ3) is 3.45. The maximum absolute atomic E-state index is 5.93. The second kappa shape index (κ2) is 6.77. The summed E-state index contributed by atoms with van der Waals surface area (Å²) >= 11 is 0. The van der Waals surface area contributed by atoms with Crippen molar-refractivity contribution in [1.29, 1.82) is 0 Å². The molecule has 1 atom stereocenters. The molecule has 0 amide bonds. The Labute approximate surface area is 127 Å². The molecule has 2 heteroatoms. The predicted molar refractivity (Wildman–Crippen MR) is 86.4 cm³/mol. The van der Waals surface area contributed by atoms with Gasteiger partial charge in [0.15, 0.2) is 0 Å². The van der Waals surface area contributed by atoms with Crippen LogP contribution in [0.2, 0.25) is 0 Å². The fraction of sp³-hybridized carbons (Fsp3) is 0.368. The molecule has 0 radical (unpaired) electrons.